The lowest BCUT2D eigenvalue weighted by Crippen LogP contribution is -2.45. The number of aliphatic carboxylic acids is 4. The van der Waals surface area contributed by atoms with Crippen LogP contribution in [0.4, 0.5) is 13.2 Å². The highest BCUT2D eigenvalue weighted by molar-refractivity contribution is 5.84. The molecule has 53 heavy (non-hydrogen) atoms. The maximum atomic E-state index is 12.7. The fourth-order valence-electron chi connectivity index (χ4n) is 5.95. The molecule has 0 aromatic carbocycles. The summed E-state index contributed by atoms with van der Waals surface area (Å²) >= 11 is 0. The number of rotatable bonds is 34. The number of alkyl halides is 3. The Morgan fingerprint density at radius 3 is 1.26 bits per heavy atom. The summed E-state index contributed by atoms with van der Waals surface area (Å²) in [5, 5.41) is 38.2. The molecule has 2 unspecified atom stereocenters. The fraction of sp³-hybridized carbons (Fsp3) is 0.868. The maximum Gasteiger partial charge on any atom is 0.490 e. The van der Waals surface area contributed by atoms with Crippen LogP contribution in [0.5, 0.6) is 0 Å². The molecule has 12 nitrogen and oxygen atoms in total. The van der Waals surface area contributed by atoms with Crippen LogP contribution in [0, 0.1) is 0 Å². The molecule has 0 aliphatic heterocycles. The number of nitrogens with zero attached hydrogens (tertiary/aromatic N) is 1. The number of hydrogen-bond acceptors (Lipinski definition) is 7. The van der Waals surface area contributed by atoms with Crippen LogP contribution in [-0.2, 0) is 24.0 Å². The average Bonchev–Trinajstić information content (AvgIpc) is 3.08. The SMILES string of the molecule is CCCCCCCCCCCCN(CCCCCCCCCCCC)[C@H](CCC(=O)NC(CCCC(N)C(=O)O)C(=O)O)C(=O)O.O=C(O)C(F)(F)F. The minimum absolute atomic E-state index is 0.0496. The van der Waals surface area contributed by atoms with Crippen LogP contribution in [-0.4, -0.2) is 92.5 Å². The van der Waals surface area contributed by atoms with E-state index in [4.69, 9.17) is 20.7 Å². The summed E-state index contributed by atoms with van der Waals surface area (Å²) in [5.41, 5.74) is 5.49. The third-order valence-electron chi connectivity index (χ3n) is 9.17. The Morgan fingerprint density at radius 2 is 0.943 bits per heavy atom. The predicted octanol–water partition coefficient (Wildman–Crippen LogP) is 8.15. The van der Waals surface area contributed by atoms with Gasteiger partial charge in [0.05, 0.1) is 0 Å². The molecule has 1 amide bonds. The van der Waals surface area contributed by atoms with E-state index in [2.05, 4.69) is 19.2 Å². The van der Waals surface area contributed by atoms with E-state index in [1.165, 1.54) is 89.9 Å². The van der Waals surface area contributed by atoms with Crippen molar-refractivity contribution in [2.45, 2.75) is 199 Å². The second-order valence-electron chi connectivity index (χ2n) is 13.9. The molecule has 0 saturated heterocycles. The highest BCUT2D eigenvalue weighted by Crippen LogP contribution is 2.17. The summed E-state index contributed by atoms with van der Waals surface area (Å²) in [4.78, 5) is 58.6. The predicted molar refractivity (Wildman–Crippen MR) is 199 cm³/mol. The van der Waals surface area contributed by atoms with Crippen molar-refractivity contribution in [3.63, 3.8) is 0 Å². The van der Waals surface area contributed by atoms with E-state index in [0.29, 0.717) is 13.1 Å². The van der Waals surface area contributed by atoms with Crippen molar-refractivity contribution in [3.8, 4) is 0 Å². The molecule has 0 aliphatic carbocycles. The van der Waals surface area contributed by atoms with Crippen LogP contribution in [0.25, 0.3) is 0 Å². The molecule has 0 spiro atoms. The Hall–Kier alpha value is -2.94. The van der Waals surface area contributed by atoms with Gasteiger partial charge in [0.25, 0.3) is 0 Å². The molecule has 0 saturated carbocycles. The summed E-state index contributed by atoms with van der Waals surface area (Å²) < 4.78 is 31.7. The minimum atomic E-state index is -5.08. The van der Waals surface area contributed by atoms with Crippen LogP contribution in [0.2, 0.25) is 0 Å². The van der Waals surface area contributed by atoms with Crippen molar-refractivity contribution in [1.29, 1.82) is 0 Å². The van der Waals surface area contributed by atoms with Gasteiger partial charge >= 0.3 is 30.1 Å². The number of carbonyl (C=O) groups excluding carboxylic acids is 1. The molecule has 15 heteroatoms. The molecule has 0 aromatic rings. The lowest BCUT2D eigenvalue weighted by atomic mass is 10.0. The van der Waals surface area contributed by atoms with Gasteiger partial charge in [0.1, 0.15) is 18.1 Å². The average molecular weight is 770 g/mol. The summed E-state index contributed by atoms with van der Waals surface area (Å²) in [6.45, 7) is 5.80. The first kappa shape index (κ1) is 52.2. The number of carboxylic acid groups (broad SMARTS) is 4. The number of unbranched alkanes of at least 4 members (excludes halogenated alkanes) is 18. The van der Waals surface area contributed by atoms with Crippen molar-refractivity contribution in [2.75, 3.05) is 13.1 Å². The molecular weight excluding hydrogens is 699 g/mol. The second-order valence-corrected chi connectivity index (χ2v) is 13.9. The molecule has 0 heterocycles. The molecular formula is C38H70F3N3O9. The monoisotopic (exact) mass is 770 g/mol. The van der Waals surface area contributed by atoms with Crippen molar-refractivity contribution in [3.05, 3.63) is 0 Å². The maximum absolute atomic E-state index is 12.7. The molecule has 312 valence electrons. The first-order chi connectivity index (χ1) is 25.1. The number of carboxylic acids is 4. The van der Waals surface area contributed by atoms with Crippen LogP contribution >= 0.6 is 0 Å². The first-order valence-corrected chi connectivity index (χ1v) is 19.9. The van der Waals surface area contributed by atoms with Crippen LogP contribution in [0.15, 0.2) is 0 Å². The zero-order valence-corrected chi connectivity index (χ0v) is 32.3. The molecule has 0 rings (SSSR count). The van der Waals surface area contributed by atoms with Gasteiger partial charge < -0.3 is 31.5 Å². The number of carbonyl (C=O) groups is 5. The van der Waals surface area contributed by atoms with E-state index in [0.717, 1.165) is 38.5 Å². The van der Waals surface area contributed by atoms with Gasteiger partial charge in [0.2, 0.25) is 5.91 Å². The topological polar surface area (TPSA) is 208 Å². The Kier molecular flexibility index (Phi) is 33.1. The Balaban J connectivity index is 0. The van der Waals surface area contributed by atoms with Gasteiger partial charge in [0, 0.05) is 6.42 Å². The van der Waals surface area contributed by atoms with Crippen molar-refractivity contribution in [2.24, 2.45) is 5.73 Å². The molecule has 3 atom stereocenters. The molecule has 7 N–H and O–H groups in total. The summed E-state index contributed by atoms with van der Waals surface area (Å²) in [5.74, 6) is -6.60. The molecule has 0 fully saturated rings. The Morgan fingerprint density at radius 1 is 0.566 bits per heavy atom. The zero-order chi connectivity index (χ0) is 40.5. The van der Waals surface area contributed by atoms with E-state index in [9.17, 15) is 42.6 Å². The lowest BCUT2D eigenvalue weighted by Gasteiger charge is -2.29. The second kappa shape index (κ2) is 33.6. The van der Waals surface area contributed by atoms with E-state index in [1.54, 1.807) is 0 Å². The third kappa shape index (κ3) is 32.2. The first-order valence-electron chi connectivity index (χ1n) is 19.9. The van der Waals surface area contributed by atoms with Gasteiger partial charge in [-0.2, -0.15) is 13.2 Å². The Labute approximate surface area is 314 Å². The van der Waals surface area contributed by atoms with E-state index in [-0.39, 0.29) is 32.1 Å². The summed E-state index contributed by atoms with van der Waals surface area (Å²) in [6, 6.07) is -3.07. The lowest BCUT2D eigenvalue weighted by molar-refractivity contribution is -0.192. The normalized spacial score (nSPS) is 13.1. The van der Waals surface area contributed by atoms with Crippen LogP contribution < -0.4 is 11.1 Å². The zero-order valence-electron chi connectivity index (χ0n) is 32.3. The largest absolute Gasteiger partial charge is 0.490 e. The number of amides is 1. The highest BCUT2D eigenvalue weighted by atomic mass is 19.4. The number of hydrogen-bond donors (Lipinski definition) is 6. The van der Waals surface area contributed by atoms with Gasteiger partial charge in [-0.25, -0.2) is 9.59 Å². The molecule has 0 radical (unpaired) electrons. The van der Waals surface area contributed by atoms with Crippen molar-refractivity contribution in [1.82, 2.24) is 10.2 Å². The summed E-state index contributed by atoms with van der Waals surface area (Å²) in [7, 11) is 0. The van der Waals surface area contributed by atoms with Gasteiger partial charge in [-0.15, -0.1) is 0 Å². The molecule has 0 bridgehead atoms. The van der Waals surface area contributed by atoms with Crippen molar-refractivity contribution < 1.29 is 57.6 Å². The van der Waals surface area contributed by atoms with Gasteiger partial charge in [0.15, 0.2) is 0 Å². The quantitative estimate of drug-likeness (QED) is 0.0344. The fourth-order valence-corrected chi connectivity index (χ4v) is 5.95. The number of nitrogens with two attached hydrogens (primary N) is 1. The Bertz CT molecular complexity index is 962. The van der Waals surface area contributed by atoms with Crippen LogP contribution in [0.3, 0.4) is 0 Å². The number of nitrogens with one attached hydrogen (secondary N) is 1. The third-order valence-corrected chi connectivity index (χ3v) is 9.17. The summed E-state index contributed by atoms with van der Waals surface area (Å²) in [6.07, 6.45) is 19.4. The van der Waals surface area contributed by atoms with Gasteiger partial charge in [-0.1, -0.05) is 129 Å². The van der Waals surface area contributed by atoms with Crippen LogP contribution in [0.1, 0.15) is 174 Å². The number of halogens is 3. The molecule has 0 aromatic heterocycles. The van der Waals surface area contributed by atoms with Gasteiger partial charge in [-0.05, 0) is 51.6 Å². The van der Waals surface area contributed by atoms with Gasteiger partial charge in [-0.3, -0.25) is 19.3 Å². The molecule has 0 aliphatic rings. The minimum Gasteiger partial charge on any atom is -0.480 e. The van der Waals surface area contributed by atoms with E-state index >= 15 is 0 Å². The highest BCUT2D eigenvalue weighted by Gasteiger charge is 2.38. The van der Waals surface area contributed by atoms with E-state index < -0.39 is 54.1 Å². The smallest absolute Gasteiger partial charge is 0.480 e. The standard InChI is InChI=1S/C36H69N3O7.C2HF3O2/c1-3-5-7-9-11-13-15-17-19-21-28-39(29-22-20-18-16-14-12-10-8-6-4-2)32(36(45)46)26-27-33(40)38-31(35(43)44)25-23-24-30(37)34(41)42;3-2(4,5)1(6)7/h30-32H,3-29,37H2,1-2H3,(H,38,40)(H,41,42)(H,43,44)(H,45,46);(H,6,7)/t30?,31?,32-;/m1./s1. The van der Waals surface area contributed by atoms with Crippen molar-refractivity contribution >= 4 is 29.8 Å². The van der Waals surface area contributed by atoms with E-state index in [1.807, 2.05) is 4.90 Å².